The standard InChI is InChI=1S/C10H12N2O/c1-8(10(13)7-12-11)9-5-3-2-4-6-9/h2-8H,11H2,1H3/b12-7+. The lowest BCUT2D eigenvalue weighted by Crippen LogP contribution is -2.10. The molecule has 13 heavy (non-hydrogen) atoms. The summed E-state index contributed by atoms with van der Waals surface area (Å²) in [7, 11) is 0. The minimum Gasteiger partial charge on any atom is -0.323 e. The number of hydrazone groups is 1. The van der Waals surface area contributed by atoms with E-state index >= 15 is 0 Å². The molecule has 0 radical (unpaired) electrons. The number of nitrogens with two attached hydrogens (primary N) is 1. The molecule has 0 spiro atoms. The molecule has 0 aromatic heterocycles. The fourth-order valence-electron chi connectivity index (χ4n) is 1.09. The van der Waals surface area contributed by atoms with Gasteiger partial charge < -0.3 is 5.84 Å². The van der Waals surface area contributed by atoms with Gasteiger partial charge in [0.1, 0.15) is 0 Å². The maximum absolute atomic E-state index is 11.3. The molecule has 1 aromatic carbocycles. The first-order valence-corrected chi connectivity index (χ1v) is 4.07. The molecule has 0 bridgehead atoms. The molecule has 1 aromatic rings. The van der Waals surface area contributed by atoms with E-state index in [2.05, 4.69) is 5.10 Å². The predicted octanol–water partition coefficient (Wildman–Crippen LogP) is 1.30. The van der Waals surface area contributed by atoms with Crippen LogP contribution in [-0.2, 0) is 4.79 Å². The molecular weight excluding hydrogens is 164 g/mol. The van der Waals surface area contributed by atoms with Gasteiger partial charge in [-0.25, -0.2) is 0 Å². The van der Waals surface area contributed by atoms with E-state index in [0.717, 1.165) is 11.8 Å². The molecule has 1 unspecified atom stereocenters. The van der Waals surface area contributed by atoms with Gasteiger partial charge >= 0.3 is 0 Å². The first-order chi connectivity index (χ1) is 6.25. The van der Waals surface area contributed by atoms with E-state index in [1.54, 1.807) is 0 Å². The molecule has 0 aliphatic heterocycles. The Labute approximate surface area is 77.3 Å². The van der Waals surface area contributed by atoms with Crippen LogP contribution in [0.25, 0.3) is 0 Å². The van der Waals surface area contributed by atoms with E-state index in [4.69, 9.17) is 5.84 Å². The average Bonchev–Trinajstić information content (AvgIpc) is 2.18. The van der Waals surface area contributed by atoms with Gasteiger partial charge in [-0.2, -0.15) is 5.10 Å². The number of benzene rings is 1. The van der Waals surface area contributed by atoms with E-state index in [0.29, 0.717) is 0 Å². The van der Waals surface area contributed by atoms with Crippen molar-refractivity contribution in [2.24, 2.45) is 10.9 Å². The van der Waals surface area contributed by atoms with E-state index < -0.39 is 0 Å². The Morgan fingerprint density at radius 2 is 2.08 bits per heavy atom. The number of carbonyl (C=O) groups is 1. The number of carbonyl (C=O) groups excluding carboxylic acids is 1. The van der Waals surface area contributed by atoms with Gasteiger partial charge in [0.05, 0.1) is 6.21 Å². The minimum absolute atomic E-state index is 0.0753. The summed E-state index contributed by atoms with van der Waals surface area (Å²) in [5.74, 6) is 4.65. The third-order valence-corrected chi connectivity index (χ3v) is 1.93. The molecule has 0 aliphatic rings. The average molecular weight is 176 g/mol. The maximum Gasteiger partial charge on any atom is 0.182 e. The molecule has 1 atom stereocenters. The van der Waals surface area contributed by atoms with Crippen LogP contribution in [0.5, 0.6) is 0 Å². The molecule has 1 rings (SSSR count). The summed E-state index contributed by atoms with van der Waals surface area (Å²) in [6.07, 6.45) is 1.15. The van der Waals surface area contributed by atoms with Gasteiger partial charge in [0.15, 0.2) is 5.78 Å². The second kappa shape index (κ2) is 4.40. The second-order valence-corrected chi connectivity index (χ2v) is 2.81. The largest absolute Gasteiger partial charge is 0.323 e. The Hall–Kier alpha value is -1.64. The molecule has 0 fully saturated rings. The molecule has 68 valence electrons. The molecule has 0 saturated heterocycles. The van der Waals surface area contributed by atoms with E-state index in [-0.39, 0.29) is 11.7 Å². The molecule has 0 amide bonds. The van der Waals surface area contributed by atoms with Crippen LogP contribution in [0, 0.1) is 0 Å². The third kappa shape index (κ3) is 2.40. The zero-order valence-corrected chi connectivity index (χ0v) is 7.47. The van der Waals surface area contributed by atoms with Crippen LogP contribution in [-0.4, -0.2) is 12.0 Å². The van der Waals surface area contributed by atoms with Gasteiger partial charge in [0.25, 0.3) is 0 Å². The lowest BCUT2D eigenvalue weighted by Gasteiger charge is -2.06. The van der Waals surface area contributed by atoms with Crippen molar-refractivity contribution >= 4 is 12.0 Å². The molecule has 3 nitrogen and oxygen atoms in total. The summed E-state index contributed by atoms with van der Waals surface area (Å²) >= 11 is 0. The van der Waals surface area contributed by atoms with Gasteiger partial charge in [-0.05, 0) is 5.56 Å². The Kier molecular flexibility index (Phi) is 3.20. The fourth-order valence-corrected chi connectivity index (χ4v) is 1.09. The van der Waals surface area contributed by atoms with Crippen molar-refractivity contribution in [1.29, 1.82) is 0 Å². The van der Waals surface area contributed by atoms with E-state index in [1.807, 2.05) is 37.3 Å². The Morgan fingerprint density at radius 1 is 1.46 bits per heavy atom. The molecule has 0 aliphatic carbocycles. The zero-order chi connectivity index (χ0) is 9.68. The number of hydrogen-bond donors (Lipinski definition) is 1. The highest BCUT2D eigenvalue weighted by atomic mass is 16.1. The van der Waals surface area contributed by atoms with Crippen molar-refractivity contribution in [3.05, 3.63) is 35.9 Å². The van der Waals surface area contributed by atoms with Crippen LogP contribution >= 0.6 is 0 Å². The first-order valence-electron chi connectivity index (χ1n) is 4.07. The Morgan fingerprint density at radius 3 is 2.62 bits per heavy atom. The van der Waals surface area contributed by atoms with Crippen molar-refractivity contribution in [3.8, 4) is 0 Å². The summed E-state index contributed by atoms with van der Waals surface area (Å²) in [6, 6.07) is 9.54. The fraction of sp³-hybridized carbons (Fsp3) is 0.200. The van der Waals surface area contributed by atoms with Gasteiger partial charge in [0.2, 0.25) is 0 Å². The summed E-state index contributed by atoms with van der Waals surface area (Å²) in [4.78, 5) is 11.3. The van der Waals surface area contributed by atoms with E-state index in [1.165, 1.54) is 0 Å². The zero-order valence-electron chi connectivity index (χ0n) is 7.47. The lowest BCUT2D eigenvalue weighted by molar-refractivity contribution is -0.113. The van der Waals surface area contributed by atoms with Crippen molar-refractivity contribution < 1.29 is 4.79 Å². The van der Waals surface area contributed by atoms with Gasteiger partial charge in [-0.15, -0.1) is 0 Å². The summed E-state index contributed by atoms with van der Waals surface area (Å²) in [5, 5.41) is 3.21. The van der Waals surface area contributed by atoms with Crippen LogP contribution in [0.15, 0.2) is 35.4 Å². The third-order valence-electron chi connectivity index (χ3n) is 1.93. The van der Waals surface area contributed by atoms with Crippen LogP contribution < -0.4 is 5.84 Å². The van der Waals surface area contributed by atoms with Crippen molar-refractivity contribution in [1.82, 2.24) is 0 Å². The van der Waals surface area contributed by atoms with Crippen LogP contribution in [0.1, 0.15) is 18.4 Å². The number of ketones is 1. The smallest absolute Gasteiger partial charge is 0.182 e. The molecule has 0 heterocycles. The number of Topliss-reactive ketones (excluding diaryl/α,β-unsaturated/α-hetero) is 1. The molecule has 3 heteroatoms. The summed E-state index contributed by atoms with van der Waals surface area (Å²) < 4.78 is 0. The summed E-state index contributed by atoms with van der Waals surface area (Å²) in [6.45, 7) is 1.83. The van der Waals surface area contributed by atoms with Crippen molar-refractivity contribution in [3.63, 3.8) is 0 Å². The van der Waals surface area contributed by atoms with Crippen LogP contribution in [0.3, 0.4) is 0 Å². The van der Waals surface area contributed by atoms with Crippen molar-refractivity contribution in [2.45, 2.75) is 12.8 Å². The number of nitrogens with zero attached hydrogens (tertiary/aromatic N) is 1. The van der Waals surface area contributed by atoms with Crippen molar-refractivity contribution in [2.75, 3.05) is 0 Å². The van der Waals surface area contributed by atoms with Gasteiger partial charge in [-0.1, -0.05) is 37.3 Å². The van der Waals surface area contributed by atoms with Gasteiger partial charge in [0, 0.05) is 5.92 Å². The quantitative estimate of drug-likeness (QED) is 0.429. The Bertz CT molecular complexity index is 306. The number of rotatable bonds is 3. The Balaban J connectivity index is 2.79. The first kappa shape index (κ1) is 9.45. The highest BCUT2D eigenvalue weighted by Gasteiger charge is 2.11. The van der Waals surface area contributed by atoms with Gasteiger partial charge in [-0.3, -0.25) is 4.79 Å². The highest BCUT2D eigenvalue weighted by Crippen LogP contribution is 2.14. The summed E-state index contributed by atoms with van der Waals surface area (Å²) in [5.41, 5.74) is 0.979. The maximum atomic E-state index is 11.3. The normalized spacial score (nSPS) is 13.0. The number of hydrogen-bond acceptors (Lipinski definition) is 3. The van der Waals surface area contributed by atoms with Crippen LogP contribution in [0.2, 0.25) is 0 Å². The minimum atomic E-state index is -0.173. The lowest BCUT2D eigenvalue weighted by atomic mass is 9.97. The monoisotopic (exact) mass is 176 g/mol. The van der Waals surface area contributed by atoms with E-state index in [9.17, 15) is 4.79 Å². The highest BCUT2D eigenvalue weighted by molar-refractivity contribution is 6.29. The second-order valence-electron chi connectivity index (χ2n) is 2.81. The molecule has 2 N–H and O–H groups in total. The topological polar surface area (TPSA) is 55.5 Å². The predicted molar refractivity (Wildman–Crippen MR) is 52.5 cm³/mol. The molecular formula is C10H12N2O. The molecule has 0 saturated carbocycles. The van der Waals surface area contributed by atoms with Crippen LogP contribution in [0.4, 0.5) is 0 Å². The SMILES string of the molecule is CC(C(=O)/C=N/N)c1ccccc1.